The number of carbonyl (C=O) groups excluding carboxylic acids is 4. The fourth-order valence-corrected chi connectivity index (χ4v) is 6.48. The molecule has 0 bridgehead atoms. The minimum Gasteiger partial charge on any atom is -0.457 e. The molecule has 10 nitrogen and oxygen atoms in total. The number of alkyl halides is 2. The summed E-state index contributed by atoms with van der Waals surface area (Å²) >= 11 is 13.4. The molecule has 0 aromatic heterocycles. The molecular formula is C29H22Br2ClN3O7. The molecule has 0 radical (unpaired) electrons. The van der Waals surface area contributed by atoms with Crippen LogP contribution in [0.15, 0.2) is 72.8 Å². The lowest BCUT2D eigenvalue weighted by atomic mass is 9.81. The number of carbonyl (C=O) groups is 4. The number of hydrogen-bond acceptors (Lipinski definition) is 7. The van der Waals surface area contributed by atoms with E-state index in [0.29, 0.717) is 24.3 Å². The summed E-state index contributed by atoms with van der Waals surface area (Å²) in [5.41, 5.74) is 0.180. The highest BCUT2D eigenvalue weighted by Crippen LogP contribution is 2.44. The topological polar surface area (TPSA) is 127 Å². The van der Waals surface area contributed by atoms with Gasteiger partial charge in [-0.1, -0.05) is 55.6 Å². The van der Waals surface area contributed by atoms with Gasteiger partial charge >= 0.3 is 0 Å². The van der Waals surface area contributed by atoms with Crippen molar-refractivity contribution in [3.63, 3.8) is 0 Å². The van der Waals surface area contributed by atoms with E-state index in [4.69, 9.17) is 16.3 Å². The highest BCUT2D eigenvalue weighted by atomic mass is 79.9. The van der Waals surface area contributed by atoms with E-state index in [1.54, 1.807) is 12.1 Å². The normalized spacial score (nSPS) is 21.5. The number of fused-ring (bicyclic) bond motifs is 1. The SMILES string of the molecule is O=C(CN(C(=O)c1ccccc1Cl)N1C(=O)[C@@H]2C[C@H](Br)[C@@H](Br)C[C@H]2C1=O)c1ccc(Oc2ccc([N+](=O)[O-])cc2)cc1. The second kappa shape index (κ2) is 12.3. The fraction of sp³-hybridized carbons (Fsp3) is 0.241. The van der Waals surface area contributed by atoms with Crippen LogP contribution in [-0.4, -0.2) is 54.6 Å². The van der Waals surface area contributed by atoms with Crippen LogP contribution in [0, 0.1) is 22.0 Å². The maximum atomic E-state index is 13.7. The number of amides is 3. The predicted octanol–water partition coefficient (Wildman–Crippen LogP) is 6.20. The summed E-state index contributed by atoms with van der Waals surface area (Å²) in [7, 11) is 0. The standard InChI is InChI=1S/C29H22Br2ClN3O7/c30-23-13-21-22(14-24(23)31)29(39)34(28(21)38)33(27(37)20-3-1-2-4-25(20)32)15-26(36)16-5-9-18(10-6-16)42-19-11-7-17(8-12-19)35(40)41/h1-12,21-24H,13-15H2/t21-,22-,23+,24+/m1/s1. The molecule has 1 aliphatic heterocycles. The van der Waals surface area contributed by atoms with Gasteiger partial charge in [0.15, 0.2) is 5.78 Å². The van der Waals surface area contributed by atoms with Crippen LogP contribution in [0.3, 0.4) is 0 Å². The average Bonchev–Trinajstić information content (AvgIpc) is 3.20. The molecule has 5 rings (SSSR count). The molecule has 0 N–H and O–H groups in total. The van der Waals surface area contributed by atoms with E-state index in [1.807, 2.05) is 0 Å². The Morgan fingerprint density at radius 2 is 1.43 bits per heavy atom. The number of benzene rings is 3. The molecule has 2 aliphatic rings. The van der Waals surface area contributed by atoms with E-state index in [0.717, 1.165) is 10.0 Å². The minimum atomic E-state index is -0.752. The molecule has 1 saturated carbocycles. The first-order valence-corrected chi connectivity index (χ1v) is 15.0. The first-order valence-electron chi connectivity index (χ1n) is 12.8. The summed E-state index contributed by atoms with van der Waals surface area (Å²) in [5.74, 6) is -2.86. The van der Waals surface area contributed by atoms with Gasteiger partial charge < -0.3 is 4.74 Å². The van der Waals surface area contributed by atoms with Crippen LogP contribution in [0.2, 0.25) is 5.02 Å². The number of ether oxygens (including phenoxy) is 1. The first kappa shape index (κ1) is 29.9. The van der Waals surface area contributed by atoms with Crippen molar-refractivity contribution in [2.24, 2.45) is 11.8 Å². The number of halogens is 3. The third kappa shape index (κ3) is 5.97. The molecule has 4 atom stereocenters. The Morgan fingerprint density at radius 1 is 0.905 bits per heavy atom. The predicted molar refractivity (Wildman–Crippen MR) is 160 cm³/mol. The highest BCUT2D eigenvalue weighted by molar-refractivity contribution is 9.12. The number of hydrogen-bond donors (Lipinski definition) is 0. The summed E-state index contributed by atoms with van der Waals surface area (Å²) in [6.07, 6.45) is 0.805. The minimum absolute atomic E-state index is 0.0310. The number of nitrogens with zero attached hydrogens (tertiary/aromatic N) is 3. The number of rotatable bonds is 8. The van der Waals surface area contributed by atoms with Crippen molar-refractivity contribution < 1.29 is 28.8 Å². The molecule has 3 amide bonds. The van der Waals surface area contributed by atoms with Gasteiger partial charge in [-0.2, -0.15) is 5.01 Å². The van der Waals surface area contributed by atoms with Gasteiger partial charge in [-0.25, -0.2) is 5.01 Å². The van der Waals surface area contributed by atoms with Gasteiger partial charge in [-0.15, -0.1) is 0 Å². The molecular weight excluding hydrogens is 698 g/mol. The molecule has 1 aliphatic carbocycles. The third-order valence-corrected chi connectivity index (χ3v) is 10.3. The Morgan fingerprint density at radius 3 is 1.95 bits per heavy atom. The molecule has 42 heavy (non-hydrogen) atoms. The van der Waals surface area contributed by atoms with Gasteiger partial charge in [0.25, 0.3) is 23.4 Å². The number of nitro benzene ring substituents is 1. The summed E-state index contributed by atoms with van der Waals surface area (Å²) in [6.45, 7) is -0.584. The van der Waals surface area contributed by atoms with Crippen LogP contribution in [0.5, 0.6) is 11.5 Å². The Bertz CT molecular complexity index is 1540. The lowest BCUT2D eigenvalue weighted by Gasteiger charge is -2.30. The molecule has 3 aromatic rings. The Hall–Kier alpha value is -3.61. The Kier molecular flexibility index (Phi) is 8.76. The van der Waals surface area contributed by atoms with Crippen molar-refractivity contribution in [2.45, 2.75) is 22.5 Å². The maximum absolute atomic E-state index is 13.7. The second-order valence-electron chi connectivity index (χ2n) is 9.85. The van der Waals surface area contributed by atoms with Crippen LogP contribution in [0.1, 0.15) is 33.6 Å². The lowest BCUT2D eigenvalue weighted by molar-refractivity contribution is -0.384. The van der Waals surface area contributed by atoms with Crippen molar-refractivity contribution in [1.82, 2.24) is 10.0 Å². The quantitative estimate of drug-likeness (QED) is 0.0892. The van der Waals surface area contributed by atoms with Crippen LogP contribution in [0.4, 0.5) is 5.69 Å². The molecule has 3 aromatic carbocycles. The number of hydrazine groups is 1. The molecule has 1 saturated heterocycles. The molecule has 2 fully saturated rings. The summed E-state index contributed by atoms with van der Waals surface area (Å²) in [5, 5.41) is 12.7. The van der Waals surface area contributed by atoms with Crippen LogP contribution >= 0.6 is 43.5 Å². The van der Waals surface area contributed by atoms with Crippen molar-refractivity contribution in [1.29, 1.82) is 0 Å². The van der Waals surface area contributed by atoms with Gasteiger partial charge in [-0.3, -0.25) is 29.3 Å². The highest BCUT2D eigenvalue weighted by Gasteiger charge is 2.54. The molecule has 1 heterocycles. The summed E-state index contributed by atoms with van der Waals surface area (Å²) in [4.78, 5) is 64.5. The van der Waals surface area contributed by atoms with Crippen LogP contribution in [0.25, 0.3) is 0 Å². The maximum Gasteiger partial charge on any atom is 0.274 e. The van der Waals surface area contributed by atoms with Crippen molar-refractivity contribution in [2.75, 3.05) is 6.54 Å². The average molecular weight is 720 g/mol. The largest absolute Gasteiger partial charge is 0.457 e. The van der Waals surface area contributed by atoms with Crippen molar-refractivity contribution >= 4 is 72.7 Å². The smallest absolute Gasteiger partial charge is 0.274 e. The molecule has 13 heteroatoms. The van der Waals surface area contributed by atoms with E-state index in [-0.39, 0.29) is 31.5 Å². The molecule has 0 spiro atoms. The van der Waals surface area contributed by atoms with E-state index in [1.165, 1.54) is 60.7 Å². The number of imide groups is 1. The van der Waals surface area contributed by atoms with Gasteiger partial charge in [0, 0.05) is 27.4 Å². The first-order chi connectivity index (χ1) is 20.0. The van der Waals surface area contributed by atoms with E-state index in [9.17, 15) is 29.3 Å². The molecule has 0 unspecified atom stereocenters. The van der Waals surface area contributed by atoms with Crippen LogP contribution < -0.4 is 4.74 Å². The zero-order valence-electron chi connectivity index (χ0n) is 21.7. The third-order valence-electron chi connectivity index (χ3n) is 7.22. The summed E-state index contributed by atoms with van der Waals surface area (Å²) < 4.78 is 5.70. The van der Waals surface area contributed by atoms with E-state index < -0.39 is 46.8 Å². The fourth-order valence-electron chi connectivity index (χ4n) is 5.03. The van der Waals surface area contributed by atoms with Gasteiger partial charge in [-0.05, 0) is 61.4 Å². The van der Waals surface area contributed by atoms with Gasteiger partial charge in [0.2, 0.25) is 0 Å². The van der Waals surface area contributed by atoms with Crippen molar-refractivity contribution in [3.8, 4) is 11.5 Å². The Balaban J connectivity index is 1.39. The monoisotopic (exact) mass is 717 g/mol. The van der Waals surface area contributed by atoms with Gasteiger partial charge in [0.05, 0.1) is 27.3 Å². The Labute approximate surface area is 261 Å². The molecule has 216 valence electrons. The lowest BCUT2D eigenvalue weighted by Crippen LogP contribution is -2.52. The number of nitro groups is 1. The number of non-ortho nitro benzene ring substituents is 1. The van der Waals surface area contributed by atoms with Crippen LogP contribution in [-0.2, 0) is 9.59 Å². The number of Topliss-reactive ketones (excluding diaryl/α,β-unsaturated/α-hetero) is 1. The van der Waals surface area contributed by atoms with Gasteiger partial charge in [0.1, 0.15) is 18.0 Å². The van der Waals surface area contributed by atoms with Crippen molar-refractivity contribution in [3.05, 3.63) is 99.1 Å². The zero-order valence-corrected chi connectivity index (χ0v) is 25.6. The number of ketones is 1. The van der Waals surface area contributed by atoms with E-state index >= 15 is 0 Å². The summed E-state index contributed by atoms with van der Waals surface area (Å²) in [6, 6.07) is 17.8. The van der Waals surface area contributed by atoms with E-state index in [2.05, 4.69) is 31.9 Å². The zero-order chi connectivity index (χ0) is 30.1. The second-order valence-corrected chi connectivity index (χ2v) is 12.6.